The summed E-state index contributed by atoms with van der Waals surface area (Å²) in [6, 6.07) is 15.9. The number of piperazine rings is 1. The molecule has 0 aromatic heterocycles. The van der Waals surface area contributed by atoms with Gasteiger partial charge in [-0.05, 0) is 56.2 Å². The van der Waals surface area contributed by atoms with E-state index in [4.69, 9.17) is 0 Å². The predicted octanol–water partition coefficient (Wildman–Crippen LogP) is 3.15. The first-order valence-corrected chi connectivity index (χ1v) is 10.7. The highest BCUT2D eigenvalue weighted by atomic mass is 16.2. The van der Waals surface area contributed by atoms with E-state index in [1.165, 1.54) is 0 Å². The first kappa shape index (κ1) is 21.8. The summed E-state index contributed by atoms with van der Waals surface area (Å²) in [4.78, 5) is 29.5. The van der Waals surface area contributed by atoms with E-state index < -0.39 is 0 Å². The van der Waals surface area contributed by atoms with Crippen molar-refractivity contribution in [2.75, 3.05) is 42.9 Å². The van der Waals surface area contributed by atoms with Crippen molar-refractivity contribution in [2.24, 2.45) is 0 Å². The molecule has 0 radical (unpaired) electrons. The van der Waals surface area contributed by atoms with E-state index in [1.807, 2.05) is 55.5 Å². The molecule has 0 atom stereocenters. The smallest absolute Gasteiger partial charge is 0.251 e. The lowest BCUT2D eigenvalue weighted by molar-refractivity contribution is -0.115. The van der Waals surface area contributed by atoms with Crippen LogP contribution in [0.15, 0.2) is 48.5 Å². The summed E-state index contributed by atoms with van der Waals surface area (Å²) in [7, 11) is 0. The number of hydrogen-bond acceptors (Lipinski definition) is 4. The van der Waals surface area contributed by atoms with Crippen molar-refractivity contribution in [3.05, 3.63) is 59.7 Å². The Morgan fingerprint density at radius 1 is 0.967 bits per heavy atom. The van der Waals surface area contributed by atoms with Crippen LogP contribution in [0.25, 0.3) is 0 Å². The SMILES string of the molecule is CCc1ccccc1NC(=O)CNC(=O)c1ccc(N2CCN(C(C)C)CC2)cc1. The Morgan fingerprint density at radius 3 is 2.27 bits per heavy atom. The molecule has 3 rings (SSSR count). The Bertz CT molecular complexity index is 856. The van der Waals surface area contributed by atoms with Crippen molar-refractivity contribution in [1.29, 1.82) is 0 Å². The zero-order chi connectivity index (χ0) is 21.5. The average molecular weight is 409 g/mol. The Balaban J connectivity index is 1.49. The van der Waals surface area contributed by atoms with Crippen molar-refractivity contribution in [2.45, 2.75) is 33.2 Å². The fourth-order valence-electron chi connectivity index (χ4n) is 3.73. The molecule has 0 spiro atoms. The van der Waals surface area contributed by atoms with Gasteiger partial charge in [0.15, 0.2) is 0 Å². The molecule has 2 N–H and O–H groups in total. The molecule has 30 heavy (non-hydrogen) atoms. The first-order valence-electron chi connectivity index (χ1n) is 10.7. The van der Waals surface area contributed by atoms with Crippen molar-refractivity contribution in [1.82, 2.24) is 10.2 Å². The second kappa shape index (κ2) is 10.3. The lowest BCUT2D eigenvalue weighted by atomic mass is 10.1. The Morgan fingerprint density at radius 2 is 1.63 bits per heavy atom. The van der Waals surface area contributed by atoms with E-state index in [2.05, 4.69) is 34.3 Å². The number of carbonyl (C=O) groups is 2. The van der Waals surface area contributed by atoms with Crippen LogP contribution in [0.4, 0.5) is 11.4 Å². The van der Waals surface area contributed by atoms with Gasteiger partial charge < -0.3 is 15.5 Å². The van der Waals surface area contributed by atoms with Crippen molar-refractivity contribution in [3.63, 3.8) is 0 Å². The van der Waals surface area contributed by atoms with Gasteiger partial charge in [0.2, 0.25) is 5.91 Å². The van der Waals surface area contributed by atoms with Gasteiger partial charge in [0.25, 0.3) is 5.91 Å². The molecule has 0 bridgehead atoms. The molecular formula is C24H32N4O2. The molecule has 1 aliphatic rings. The highest BCUT2D eigenvalue weighted by Gasteiger charge is 2.19. The van der Waals surface area contributed by atoms with Crippen LogP contribution in [0.3, 0.4) is 0 Å². The third kappa shape index (κ3) is 5.60. The predicted molar refractivity (Wildman–Crippen MR) is 122 cm³/mol. The summed E-state index contributed by atoms with van der Waals surface area (Å²) in [6.45, 7) is 10.5. The zero-order valence-electron chi connectivity index (χ0n) is 18.1. The van der Waals surface area contributed by atoms with E-state index in [9.17, 15) is 9.59 Å². The van der Waals surface area contributed by atoms with E-state index in [0.29, 0.717) is 11.6 Å². The maximum atomic E-state index is 12.4. The van der Waals surface area contributed by atoms with Crippen LogP contribution in [0, 0.1) is 0 Å². The van der Waals surface area contributed by atoms with E-state index in [1.54, 1.807) is 0 Å². The number of aryl methyl sites for hydroxylation is 1. The topological polar surface area (TPSA) is 64.7 Å². The van der Waals surface area contributed by atoms with Gasteiger partial charge in [0.1, 0.15) is 0 Å². The third-order valence-corrected chi connectivity index (χ3v) is 5.62. The second-order valence-corrected chi connectivity index (χ2v) is 7.91. The van der Waals surface area contributed by atoms with Crippen LogP contribution in [-0.2, 0) is 11.2 Å². The minimum absolute atomic E-state index is 0.0597. The van der Waals surface area contributed by atoms with Gasteiger partial charge in [-0.1, -0.05) is 25.1 Å². The van der Waals surface area contributed by atoms with E-state index in [0.717, 1.165) is 49.5 Å². The summed E-state index contributed by atoms with van der Waals surface area (Å²) in [5, 5.41) is 5.57. The van der Waals surface area contributed by atoms with Crippen molar-refractivity contribution >= 4 is 23.2 Å². The van der Waals surface area contributed by atoms with Crippen LogP contribution in [0.1, 0.15) is 36.7 Å². The van der Waals surface area contributed by atoms with Crippen LogP contribution in [0.2, 0.25) is 0 Å². The molecule has 1 aliphatic heterocycles. The molecule has 6 nitrogen and oxygen atoms in total. The number of nitrogens with one attached hydrogen (secondary N) is 2. The van der Waals surface area contributed by atoms with Gasteiger partial charge in [-0.25, -0.2) is 0 Å². The Hall–Kier alpha value is -2.86. The summed E-state index contributed by atoms with van der Waals surface area (Å²) in [5.41, 5.74) is 3.55. The molecule has 2 amide bonds. The number of anilines is 2. The van der Waals surface area contributed by atoms with Gasteiger partial charge in [-0.15, -0.1) is 0 Å². The standard InChI is InChI=1S/C24H32N4O2/c1-4-19-7-5-6-8-22(19)26-23(29)17-25-24(30)20-9-11-21(12-10-20)28-15-13-27(14-16-28)18(2)3/h5-12,18H,4,13-17H2,1-3H3,(H,25,30)(H,26,29). The summed E-state index contributed by atoms with van der Waals surface area (Å²) in [6.07, 6.45) is 0.835. The highest BCUT2D eigenvalue weighted by Crippen LogP contribution is 2.18. The van der Waals surface area contributed by atoms with E-state index in [-0.39, 0.29) is 18.4 Å². The number of carbonyl (C=O) groups excluding carboxylic acids is 2. The minimum atomic E-state index is -0.245. The van der Waals surface area contributed by atoms with Crippen LogP contribution >= 0.6 is 0 Å². The molecular weight excluding hydrogens is 376 g/mol. The van der Waals surface area contributed by atoms with Gasteiger partial charge in [0.05, 0.1) is 6.54 Å². The van der Waals surface area contributed by atoms with Gasteiger partial charge >= 0.3 is 0 Å². The fraction of sp³-hybridized carbons (Fsp3) is 0.417. The summed E-state index contributed by atoms with van der Waals surface area (Å²) in [5.74, 6) is -0.478. The lowest BCUT2D eigenvalue weighted by Gasteiger charge is -2.38. The number of rotatable bonds is 7. The van der Waals surface area contributed by atoms with Gasteiger partial charge in [0, 0.05) is 49.2 Å². The van der Waals surface area contributed by atoms with Crippen LogP contribution < -0.4 is 15.5 Å². The Kier molecular flexibility index (Phi) is 7.46. The molecule has 1 fully saturated rings. The molecule has 2 aromatic carbocycles. The molecule has 0 unspecified atom stereocenters. The van der Waals surface area contributed by atoms with Crippen LogP contribution in [-0.4, -0.2) is 55.5 Å². The zero-order valence-corrected chi connectivity index (χ0v) is 18.1. The fourth-order valence-corrected chi connectivity index (χ4v) is 3.73. The summed E-state index contributed by atoms with van der Waals surface area (Å²) >= 11 is 0. The van der Waals surface area contributed by atoms with Crippen molar-refractivity contribution in [3.8, 4) is 0 Å². The highest BCUT2D eigenvalue weighted by molar-refractivity contribution is 5.99. The first-order chi connectivity index (χ1) is 14.5. The molecule has 160 valence electrons. The van der Waals surface area contributed by atoms with Gasteiger partial charge in [-0.3, -0.25) is 14.5 Å². The van der Waals surface area contributed by atoms with Gasteiger partial charge in [-0.2, -0.15) is 0 Å². The molecule has 2 aromatic rings. The lowest BCUT2D eigenvalue weighted by Crippen LogP contribution is -2.48. The summed E-state index contributed by atoms with van der Waals surface area (Å²) < 4.78 is 0. The Labute approximate surface area is 179 Å². The number of para-hydroxylation sites is 1. The number of nitrogens with zero attached hydrogens (tertiary/aromatic N) is 2. The average Bonchev–Trinajstić information content (AvgIpc) is 2.78. The largest absolute Gasteiger partial charge is 0.369 e. The number of amides is 2. The molecule has 6 heteroatoms. The minimum Gasteiger partial charge on any atom is -0.369 e. The van der Waals surface area contributed by atoms with E-state index >= 15 is 0 Å². The number of benzene rings is 2. The quantitative estimate of drug-likeness (QED) is 0.739. The molecule has 0 saturated carbocycles. The maximum absolute atomic E-state index is 12.4. The monoisotopic (exact) mass is 408 g/mol. The second-order valence-electron chi connectivity index (χ2n) is 7.91. The molecule has 1 heterocycles. The maximum Gasteiger partial charge on any atom is 0.251 e. The normalized spacial score (nSPS) is 14.6. The third-order valence-electron chi connectivity index (χ3n) is 5.62. The van der Waals surface area contributed by atoms with Crippen molar-refractivity contribution < 1.29 is 9.59 Å². The van der Waals surface area contributed by atoms with Crippen LogP contribution in [0.5, 0.6) is 0 Å². The molecule has 1 saturated heterocycles. The number of hydrogen-bond donors (Lipinski definition) is 2. The molecule has 0 aliphatic carbocycles.